The Balaban J connectivity index is 4.27. The summed E-state index contributed by atoms with van der Waals surface area (Å²) in [5.74, 6) is -0.862. The summed E-state index contributed by atoms with van der Waals surface area (Å²) in [5.41, 5.74) is 0. The quantitative estimate of drug-likeness (QED) is 0.0261. The first-order valence-corrected chi connectivity index (χ1v) is 32.1. The minimum absolute atomic E-state index is 0.0723. The molecule has 0 amide bonds. The zero-order chi connectivity index (χ0) is 52.9. The lowest BCUT2D eigenvalue weighted by Crippen LogP contribution is -2.30. The lowest BCUT2D eigenvalue weighted by Gasteiger charge is -2.18. The van der Waals surface area contributed by atoms with Gasteiger partial charge in [0.05, 0.1) is 0 Å². The summed E-state index contributed by atoms with van der Waals surface area (Å²) in [6.07, 6.45) is 76.9. The van der Waals surface area contributed by atoms with Crippen molar-refractivity contribution in [2.45, 2.75) is 348 Å². The lowest BCUT2D eigenvalue weighted by molar-refractivity contribution is -0.167. The van der Waals surface area contributed by atoms with Crippen LogP contribution in [0.2, 0.25) is 0 Å². The van der Waals surface area contributed by atoms with E-state index in [4.69, 9.17) is 14.2 Å². The van der Waals surface area contributed by atoms with E-state index in [0.717, 1.165) is 70.6 Å². The zero-order valence-electron chi connectivity index (χ0n) is 48.9. The molecule has 0 aliphatic rings. The van der Waals surface area contributed by atoms with Crippen molar-refractivity contribution in [1.82, 2.24) is 0 Å². The number of esters is 3. The standard InChI is InChI=1S/C67H122O6/c1-4-7-10-13-16-19-22-25-27-29-31-32-33-34-35-36-37-39-40-42-45-48-51-54-57-60-66(69)72-63-64(62-71-65(68)59-56-53-50-47-44-24-21-18-15-12-9-6-3)73-67(70)61-58-55-52-49-46-43-41-38-30-28-26-23-20-17-14-11-8-5-2/h22,25,28-31,33-34,64H,4-21,23-24,26-27,32,35-63H2,1-3H3/b25-22-,30-28-,31-29-,34-33-. The third-order valence-electron chi connectivity index (χ3n) is 14.3. The summed E-state index contributed by atoms with van der Waals surface area (Å²) in [7, 11) is 0. The summed E-state index contributed by atoms with van der Waals surface area (Å²) in [4.78, 5) is 38.3. The Bertz CT molecular complexity index is 1270. The number of ether oxygens (including phenoxy) is 3. The molecule has 6 nitrogen and oxygen atoms in total. The third kappa shape index (κ3) is 60.1. The number of hydrogen-bond donors (Lipinski definition) is 0. The molecule has 0 aliphatic carbocycles. The van der Waals surface area contributed by atoms with Crippen LogP contribution in [-0.2, 0) is 28.6 Å². The minimum Gasteiger partial charge on any atom is -0.462 e. The molecule has 0 saturated heterocycles. The van der Waals surface area contributed by atoms with Gasteiger partial charge in [0, 0.05) is 19.3 Å². The Hall–Kier alpha value is -2.63. The van der Waals surface area contributed by atoms with Crippen LogP contribution < -0.4 is 0 Å². The predicted octanol–water partition coefficient (Wildman–Crippen LogP) is 21.8. The predicted molar refractivity (Wildman–Crippen MR) is 316 cm³/mol. The molecule has 0 aliphatic heterocycles. The number of unbranched alkanes of at least 4 members (excludes halogenated alkanes) is 40. The second-order valence-corrected chi connectivity index (χ2v) is 21.7. The Morgan fingerprint density at radius 2 is 0.493 bits per heavy atom. The van der Waals surface area contributed by atoms with E-state index in [1.807, 2.05) is 0 Å². The highest BCUT2D eigenvalue weighted by Gasteiger charge is 2.19. The minimum atomic E-state index is -0.775. The molecular formula is C67H122O6. The van der Waals surface area contributed by atoms with E-state index in [-0.39, 0.29) is 31.1 Å². The normalized spacial score (nSPS) is 12.3. The van der Waals surface area contributed by atoms with Gasteiger partial charge in [0.25, 0.3) is 0 Å². The van der Waals surface area contributed by atoms with Gasteiger partial charge in [-0.25, -0.2) is 0 Å². The second kappa shape index (κ2) is 61.9. The third-order valence-corrected chi connectivity index (χ3v) is 14.3. The van der Waals surface area contributed by atoms with E-state index in [9.17, 15) is 14.4 Å². The molecule has 0 bridgehead atoms. The molecule has 1 atom stereocenters. The van der Waals surface area contributed by atoms with E-state index < -0.39 is 6.10 Å². The first kappa shape index (κ1) is 70.4. The molecule has 6 heteroatoms. The van der Waals surface area contributed by atoms with E-state index >= 15 is 0 Å². The van der Waals surface area contributed by atoms with Gasteiger partial charge in [0.15, 0.2) is 6.10 Å². The van der Waals surface area contributed by atoms with Gasteiger partial charge in [-0.1, -0.05) is 288 Å². The van der Waals surface area contributed by atoms with Gasteiger partial charge >= 0.3 is 17.9 Å². The van der Waals surface area contributed by atoms with Gasteiger partial charge in [0.1, 0.15) is 13.2 Å². The van der Waals surface area contributed by atoms with Crippen molar-refractivity contribution in [3.8, 4) is 0 Å². The van der Waals surface area contributed by atoms with Crippen molar-refractivity contribution >= 4 is 17.9 Å². The molecule has 0 radical (unpaired) electrons. The van der Waals surface area contributed by atoms with Crippen LogP contribution in [0.5, 0.6) is 0 Å². The van der Waals surface area contributed by atoms with Crippen molar-refractivity contribution < 1.29 is 28.6 Å². The van der Waals surface area contributed by atoms with Crippen molar-refractivity contribution in [2.75, 3.05) is 13.2 Å². The average molecular weight is 1020 g/mol. The summed E-state index contributed by atoms with van der Waals surface area (Å²) in [6.45, 7) is 6.66. The zero-order valence-corrected chi connectivity index (χ0v) is 48.9. The molecule has 0 aromatic heterocycles. The fourth-order valence-corrected chi connectivity index (χ4v) is 9.45. The molecule has 0 saturated carbocycles. The van der Waals surface area contributed by atoms with Gasteiger partial charge in [-0.2, -0.15) is 0 Å². The first-order chi connectivity index (χ1) is 36.0. The Kier molecular flexibility index (Phi) is 59.7. The van der Waals surface area contributed by atoms with Crippen molar-refractivity contribution in [2.24, 2.45) is 0 Å². The van der Waals surface area contributed by atoms with Crippen LogP contribution in [0.25, 0.3) is 0 Å². The second-order valence-electron chi connectivity index (χ2n) is 21.7. The van der Waals surface area contributed by atoms with Crippen LogP contribution in [0.3, 0.4) is 0 Å². The highest BCUT2D eigenvalue weighted by Crippen LogP contribution is 2.17. The van der Waals surface area contributed by atoms with Crippen LogP contribution in [0, 0.1) is 0 Å². The van der Waals surface area contributed by atoms with Gasteiger partial charge in [-0.3, -0.25) is 14.4 Å². The maximum Gasteiger partial charge on any atom is 0.306 e. The molecule has 426 valence electrons. The van der Waals surface area contributed by atoms with Gasteiger partial charge in [0.2, 0.25) is 0 Å². The molecule has 0 aromatic carbocycles. The Morgan fingerprint density at radius 1 is 0.274 bits per heavy atom. The van der Waals surface area contributed by atoms with Gasteiger partial charge in [-0.05, 0) is 83.5 Å². The van der Waals surface area contributed by atoms with Crippen molar-refractivity contribution in [3.05, 3.63) is 48.6 Å². The molecule has 0 fully saturated rings. The number of carbonyl (C=O) groups is 3. The number of carbonyl (C=O) groups excluding carboxylic acids is 3. The SMILES string of the molecule is CCCCCCC/C=C\C/C=C\C/C=C\CCCCCCCCCCCCC(=O)OCC(COC(=O)CCCCCCCCCCCCCC)OC(=O)CCCCCCCCC/C=C\CCCCCCCCC. The maximum atomic E-state index is 12.9. The Morgan fingerprint density at radius 3 is 0.781 bits per heavy atom. The molecule has 0 N–H and O–H groups in total. The maximum absolute atomic E-state index is 12.9. The van der Waals surface area contributed by atoms with Gasteiger partial charge in [-0.15, -0.1) is 0 Å². The lowest BCUT2D eigenvalue weighted by atomic mass is 10.0. The number of allylic oxidation sites excluding steroid dienone is 8. The summed E-state index contributed by atoms with van der Waals surface area (Å²) in [5, 5.41) is 0. The number of rotatable bonds is 59. The molecule has 1 unspecified atom stereocenters. The Labute approximate surface area is 454 Å². The summed E-state index contributed by atoms with van der Waals surface area (Å²) < 4.78 is 16.9. The first-order valence-electron chi connectivity index (χ1n) is 32.1. The average Bonchev–Trinajstić information content (AvgIpc) is 3.39. The van der Waals surface area contributed by atoms with Crippen LogP contribution >= 0.6 is 0 Å². The van der Waals surface area contributed by atoms with E-state index in [1.54, 1.807) is 0 Å². The van der Waals surface area contributed by atoms with E-state index in [0.29, 0.717) is 19.3 Å². The fourth-order valence-electron chi connectivity index (χ4n) is 9.45. The molecule has 0 spiro atoms. The highest BCUT2D eigenvalue weighted by atomic mass is 16.6. The van der Waals surface area contributed by atoms with Crippen molar-refractivity contribution in [1.29, 1.82) is 0 Å². The van der Waals surface area contributed by atoms with Crippen LogP contribution in [0.15, 0.2) is 48.6 Å². The molecule has 0 heterocycles. The largest absolute Gasteiger partial charge is 0.462 e. The number of hydrogen-bond acceptors (Lipinski definition) is 6. The fraction of sp³-hybridized carbons (Fsp3) is 0.836. The monoisotopic (exact) mass is 1020 g/mol. The summed E-state index contributed by atoms with van der Waals surface area (Å²) in [6, 6.07) is 0. The topological polar surface area (TPSA) is 78.9 Å². The van der Waals surface area contributed by atoms with E-state index in [2.05, 4.69) is 69.4 Å². The molecule has 0 aromatic rings. The molecular weight excluding hydrogens is 901 g/mol. The van der Waals surface area contributed by atoms with Crippen LogP contribution in [0.1, 0.15) is 342 Å². The summed E-state index contributed by atoms with van der Waals surface area (Å²) >= 11 is 0. The highest BCUT2D eigenvalue weighted by molar-refractivity contribution is 5.71. The molecule has 0 rings (SSSR count). The smallest absolute Gasteiger partial charge is 0.306 e. The van der Waals surface area contributed by atoms with Crippen molar-refractivity contribution in [3.63, 3.8) is 0 Å². The molecule has 73 heavy (non-hydrogen) atoms. The van der Waals surface area contributed by atoms with Crippen LogP contribution in [0.4, 0.5) is 0 Å². The van der Waals surface area contributed by atoms with Gasteiger partial charge < -0.3 is 14.2 Å². The van der Waals surface area contributed by atoms with E-state index in [1.165, 1.54) is 231 Å². The van der Waals surface area contributed by atoms with Crippen LogP contribution in [-0.4, -0.2) is 37.2 Å².